The van der Waals surface area contributed by atoms with E-state index in [0.29, 0.717) is 6.04 Å². The molecule has 0 bridgehead atoms. The molecule has 2 unspecified atom stereocenters. The van der Waals surface area contributed by atoms with Crippen LogP contribution < -0.4 is 10.6 Å². The van der Waals surface area contributed by atoms with Crippen LogP contribution in [0.15, 0.2) is 29.4 Å². The van der Waals surface area contributed by atoms with Crippen molar-refractivity contribution in [3.63, 3.8) is 0 Å². The lowest BCUT2D eigenvalue weighted by Gasteiger charge is -2.10. The molecule has 3 rings (SSSR count). The van der Waals surface area contributed by atoms with Crippen LogP contribution in [-0.2, 0) is 6.42 Å². The van der Waals surface area contributed by atoms with Gasteiger partial charge in [-0.25, -0.2) is 0 Å². The van der Waals surface area contributed by atoms with Crippen molar-refractivity contribution in [3.8, 4) is 0 Å². The number of aromatic amines is 1. The summed E-state index contributed by atoms with van der Waals surface area (Å²) in [7, 11) is 0. The molecule has 118 valence electrons. The van der Waals surface area contributed by atoms with E-state index in [9.17, 15) is 0 Å². The van der Waals surface area contributed by atoms with Crippen LogP contribution in [0.1, 0.15) is 31.4 Å². The predicted octanol–water partition coefficient (Wildman–Crippen LogP) is 2.98. The van der Waals surface area contributed by atoms with Gasteiger partial charge < -0.3 is 15.6 Å². The van der Waals surface area contributed by atoms with Crippen molar-refractivity contribution in [3.05, 3.63) is 35.5 Å². The number of nitrogens with one attached hydrogen (secondary N) is 3. The average Bonchev–Trinajstić information content (AvgIpc) is 3.02. The second-order valence-electron chi connectivity index (χ2n) is 6.29. The van der Waals surface area contributed by atoms with Crippen LogP contribution in [0, 0.1) is 12.8 Å². The van der Waals surface area contributed by atoms with E-state index >= 15 is 0 Å². The van der Waals surface area contributed by atoms with E-state index < -0.39 is 0 Å². The molecular weight excluding hydrogens is 272 g/mol. The molecule has 2 aromatic rings. The number of H-pyrrole nitrogens is 1. The first-order valence-electron chi connectivity index (χ1n) is 8.29. The summed E-state index contributed by atoms with van der Waals surface area (Å²) < 4.78 is 0. The molecule has 0 aliphatic heterocycles. The Hall–Kier alpha value is -1.97. The lowest BCUT2D eigenvalue weighted by molar-refractivity contribution is 0.765. The fourth-order valence-electron chi connectivity index (χ4n) is 2.88. The Labute approximate surface area is 132 Å². The minimum absolute atomic E-state index is 0.605. The average molecular weight is 298 g/mol. The standard InChI is InChI=1S/C18H26N4/c1-4-19-18(22-16-10-13(16)3)20-9-8-14-11-21-17-12(2)6-5-7-15(14)17/h5-7,11,13,16,21H,4,8-10H2,1-3H3,(H2,19,20,22). The molecule has 1 heterocycles. The summed E-state index contributed by atoms with van der Waals surface area (Å²) in [5, 5.41) is 8.15. The third kappa shape index (κ3) is 3.26. The Morgan fingerprint density at radius 3 is 2.95 bits per heavy atom. The summed E-state index contributed by atoms with van der Waals surface area (Å²) in [5.74, 6) is 1.73. The number of hydrogen-bond donors (Lipinski definition) is 3. The van der Waals surface area contributed by atoms with Crippen LogP contribution in [0.25, 0.3) is 10.9 Å². The lowest BCUT2D eigenvalue weighted by atomic mass is 10.1. The Morgan fingerprint density at radius 1 is 1.41 bits per heavy atom. The first kappa shape index (κ1) is 14.9. The fraction of sp³-hybridized carbons (Fsp3) is 0.500. The molecule has 1 fully saturated rings. The van der Waals surface area contributed by atoms with Crippen molar-refractivity contribution in [2.24, 2.45) is 10.9 Å². The van der Waals surface area contributed by atoms with Crippen LogP contribution in [-0.4, -0.2) is 30.1 Å². The van der Waals surface area contributed by atoms with Gasteiger partial charge in [0.1, 0.15) is 0 Å². The van der Waals surface area contributed by atoms with Crippen molar-refractivity contribution in [2.45, 2.75) is 39.7 Å². The normalized spacial score (nSPS) is 21.1. The van der Waals surface area contributed by atoms with E-state index in [0.717, 1.165) is 31.4 Å². The molecular formula is C18H26N4. The van der Waals surface area contributed by atoms with Gasteiger partial charge in [0.15, 0.2) is 5.96 Å². The largest absolute Gasteiger partial charge is 0.361 e. The Morgan fingerprint density at radius 2 is 2.23 bits per heavy atom. The number of aromatic nitrogens is 1. The molecule has 1 saturated carbocycles. The third-order valence-electron chi connectivity index (χ3n) is 4.44. The van der Waals surface area contributed by atoms with Gasteiger partial charge in [-0.05, 0) is 43.7 Å². The van der Waals surface area contributed by atoms with Crippen LogP contribution in [0.5, 0.6) is 0 Å². The van der Waals surface area contributed by atoms with E-state index in [2.05, 4.69) is 60.8 Å². The highest BCUT2D eigenvalue weighted by molar-refractivity contribution is 5.86. The highest BCUT2D eigenvalue weighted by Gasteiger charge is 2.33. The maximum atomic E-state index is 4.71. The van der Waals surface area contributed by atoms with Gasteiger partial charge in [-0.1, -0.05) is 25.1 Å². The maximum Gasteiger partial charge on any atom is 0.191 e. The van der Waals surface area contributed by atoms with Gasteiger partial charge in [0, 0.05) is 36.2 Å². The number of guanidine groups is 1. The van der Waals surface area contributed by atoms with E-state index in [1.165, 1.54) is 28.5 Å². The van der Waals surface area contributed by atoms with Gasteiger partial charge >= 0.3 is 0 Å². The van der Waals surface area contributed by atoms with Gasteiger partial charge in [0.2, 0.25) is 0 Å². The third-order valence-corrected chi connectivity index (χ3v) is 4.44. The Balaban J connectivity index is 1.64. The van der Waals surface area contributed by atoms with Crippen molar-refractivity contribution >= 4 is 16.9 Å². The summed E-state index contributed by atoms with van der Waals surface area (Å²) in [6.07, 6.45) is 4.34. The first-order chi connectivity index (χ1) is 10.7. The van der Waals surface area contributed by atoms with E-state index in [-0.39, 0.29) is 0 Å². The first-order valence-corrected chi connectivity index (χ1v) is 8.29. The molecule has 0 saturated heterocycles. The quantitative estimate of drug-likeness (QED) is 0.587. The summed E-state index contributed by atoms with van der Waals surface area (Å²) in [5.41, 5.74) is 3.89. The van der Waals surface area contributed by atoms with E-state index in [1.54, 1.807) is 0 Å². The second-order valence-corrected chi connectivity index (χ2v) is 6.29. The highest BCUT2D eigenvalue weighted by Crippen LogP contribution is 2.28. The molecule has 1 aliphatic rings. The SMILES string of the molecule is CCNC(=NCCc1c[nH]c2c(C)cccc12)NC1CC1C. The van der Waals surface area contributed by atoms with Crippen LogP contribution >= 0.6 is 0 Å². The molecule has 1 aromatic carbocycles. The monoisotopic (exact) mass is 298 g/mol. The smallest absolute Gasteiger partial charge is 0.191 e. The molecule has 4 nitrogen and oxygen atoms in total. The van der Waals surface area contributed by atoms with Gasteiger partial charge in [-0.3, -0.25) is 4.99 Å². The van der Waals surface area contributed by atoms with Crippen LogP contribution in [0.3, 0.4) is 0 Å². The number of benzene rings is 1. The van der Waals surface area contributed by atoms with Gasteiger partial charge in [0.05, 0.1) is 0 Å². The zero-order valence-corrected chi connectivity index (χ0v) is 13.7. The number of fused-ring (bicyclic) bond motifs is 1. The van der Waals surface area contributed by atoms with Gasteiger partial charge in [-0.2, -0.15) is 0 Å². The summed E-state index contributed by atoms with van der Waals surface area (Å²) >= 11 is 0. The zero-order chi connectivity index (χ0) is 15.5. The minimum atomic E-state index is 0.605. The second kappa shape index (κ2) is 6.42. The highest BCUT2D eigenvalue weighted by atomic mass is 15.2. The number of aliphatic imine (C=N–C) groups is 1. The Bertz CT molecular complexity index is 671. The van der Waals surface area contributed by atoms with Crippen molar-refractivity contribution in [1.29, 1.82) is 0 Å². The molecule has 2 atom stereocenters. The zero-order valence-electron chi connectivity index (χ0n) is 13.7. The summed E-state index contributed by atoms with van der Waals surface area (Å²) in [4.78, 5) is 8.10. The van der Waals surface area contributed by atoms with E-state index in [1.807, 2.05) is 0 Å². The molecule has 1 aromatic heterocycles. The van der Waals surface area contributed by atoms with Crippen molar-refractivity contribution in [2.75, 3.05) is 13.1 Å². The minimum Gasteiger partial charge on any atom is -0.361 e. The topological polar surface area (TPSA) is 52.2 Å². The van der Waals surface area contributed by atoms with Crippen LogP contribution in [0.2, 0.25) is 0 Å². The molecule has 4 heteroatoms. The molecule has 0 amide bonds. The Kier molecular flexibility index (Phi) is 4.36. The van der Waals surface area contributed by atoms with Crippen molar-refractivity contribution < 1.29 is 0 Å². The van der Waals surface area contributed by atoms with Crippen LogP contribution in [0.4, 0.5) is 0 Å². The number of rotatable bonds is 5. The molecule has 0 spiro atoms. The number of nitrogens with zero attached hydrogens (tertiary/aromatic N) is 1. The molecule has 22 heavy (non-hydrogen) atoms. The molecule has 3 N–H and O–H groups in total. The number of hydrogen-bond acceptors (Lipinski definition) is 1. The molecule has 0 radical (unpaired) electrons. The van der Waals surface area contributed by atoms with Gasteiger partial charge in [-0.15, -0.1) is 0 Å². The maximum absolute atomic E-state index is 4.71. The van der Waals surface area contributed by atoms with Gasteiger partial charge in [0.25, 0.3) is 0 Å². The summed E-state index contributed by atoms with van der Waals surface area (Å²) in [6.45, 7) is 8.23. The molecule has 1 aliphatic carbocycles. The number of para-hydroxylation sites is 1. The number of aryl methyl sites for hydroxylation is 1. The predicted molar refractivity (Wildman–Crippen MR) is 93.4 cm³/mol. The van der Waals surface area contributed by atoms with E-state index in [4.69, 9.17) is 4.99 Å². The fourth-order valence-corrected chi connectivity index (χ4v) is 2.88. The summed E-state index contributed by atoms with van der Waals surface area (Å²) in [6, 6.07) is 7.06. The lowest BCUT2D eigenvalue weighted by Crippen LogP contribution is -2.39. The van der Waals surface area contributed by atoms with Crippen molar-refractivity contribution in [1.82, 2.24) is 15.6 Å².